The summed E-state index contributed by atoms with van der Waals surface area (Å²) in [7, 11) is 0. The van der Waals surface area contributed by atoms with Crippen molar-refractivity contribution in [3.8, 4) is 0 Å². The maximum absolute atomic E-state index is 12.6. The average molecular weight is 347 g/mol. The van der Waals surface area contributed by atoms with Gasteiger partial charge in [-0.15, -0.1) is 0 Å². The minimum absolute atomic E-state index is 0.280. The molecule has 0 bridgehead atoms. The molecule has 3 heterocycles. The minimum atomic E-state index is 0.280. The minimum Gasteiger partial charge on any atom is -0.360 e. The molecule has 1 amide bonds. The second kappa shape index (κ2) is 7.32. The van der Waals surface area contributed by atoms with Gasteiger partial charge in [0.2, 0.25) is 5.91 Å². The molecule has 0 unspecified atom stereocenters. The number of nitrogens with zero attached hydrogens (tertiary/aromatic N) is 2. The largest absolute Gasteiger partial charge is 0.360 e. The first-order valence-corrected chi connectivity index (χ1v) is 9.46. The topological polar surface area (TPSA) is 49.0 Å². The molecule has 0 saturated carbocycles. The fourth-order valence-electron chi connectivity index (χ4n) is 4.00. The number of piperidine rings is 1. The Balaban J connectivity index is 1.33. The number of aromatic amines is 1. The SMILES string of the molecule is Cc1cccc(CCC(=O)N2CCC(c3c[nH]c4cccnc34)CC2)c1. The number of pyridine rings is 1. The standard InChI is InChI=1S/C22H25N3O/c1-16-4-2-5-17(14-16)7-8-21(26)25-12-9-18(10-13-25)19-15-24-20-6-3-11-23-22(19)20/h2-6,11,14-15,18,24H,7-10,12-13H2,1H3. The lowest BCUT2D eigenvalue weighted by molar-refractivity contribution is -0.132. The molecule has 134 valence electrons. The number of carbonyl (C=O) groups is 1. The van der Waals surface area contributed by atoms with Crippen LogP contribution in [-0.2, 0) is 11.2 Å². The Hall–Kier alpha value is -2.62. The highest BCUT2D eigenvalue weighted by Crippen LogP contribution is 2.32. The number of aryl methyl sites for hydroxylation is 2. The second-order valence-corrected chi connectivity index (χ2v) is 7.29. The number of aromatic nitrogens is 2. The highest BCUT2D eigenvalue weighted by molar-refractivity contribution is 5.79. The van der Waals surface area contributed by atoms with Crippen LogP contribution >= 0.6 is 0 Å². The van der Waals surface area contributed by atoms with Crippen molar-refractivity contribution < 1.29 is 4.79 Å². The fraction of sp³-hybridized carbons (Fsp3) is 0.364. The van der Waals surface area contributed by atoms with E-state index in [1.165, 1.54) is 16.7 Å². The molecule has 1 aliphatic rings. The zero-order valence-corrected chi connectivity index (χ0v) is 15.2. The third kappa shape index (κ3) is 3.50. The summed E-state index contributed by atoms with van der Waals surface area (Å²) in [6.07, 6.45) is 7.40. The van der Waals surface area contributed by atoms with E-state index in [0.29, 0.717) is 12.3 Å². The molecule has 0 spiro atoms. The van der Waals surface area contributed by atoms with Crippen LogP contribution in [0.25, 0.3) is 11.0 Å². The molecule has 0 radical (unpaired) electrons. The lowest BCUT2D eigenvalue weighted by Gasteiger charge is -2.32. The van der Waals surface area contributed by atoms with Gasteiger partial charge in [0.1, 0.15) is 0 Å². The van der Waals surface area contributed by atoms with Gasteiger partial charge in [-0.05, 0) is 55.4 Å². The van der Waals surface area contributed by atoms with Gasteiger partial charge < -0.3 is 9.88 Å². The molecular weight excluding hydrogens is 322 g/mol. The number of amides is 1. The van der Waals surface area contributed by atoms with Crippen LogP contribution in [0, 0.1) is 6.92 Å². The molecule has 0 atom stereocenters. The first-order chi connectivity index (χ1) is 12.7. The van der Waals surface area contributed by atoms with E-state index >= 15 is 0 Å². The van der Waals surface area contributed by atoms with Crippen LogP contribution in [-0.4, -0.2) is 33.9 Å². The zero-order chi connectivity index (χ0) is 17.9. The molecule has 4 nitrogen and oxygen atoms in total. The Kier molecular flexibility index (Phi) is 4.74. The van der Waals surface area contributed by atoms with Gasteiger partial charge in [0.15, 0.2) is 0 Å². The summed E-state index contributed by atoms with van der Waals surface area (Å²) in [6, 6.07) is 12.5. The van der Waals surface area contributed by atoms with Gasteiger partial charge in [-0.3, -0.25) is 9.78 Å². The summed E-state index contributed by atoms with van der Waals surface area (Å²) < 4.78 is 0. The summed E-state index contributed by atoms with van der Waals surface area (Å²) in [5.41, 5.74) is 5.98. The maximum Gasteiger partial charge on any atom is 0.222 e. The average Bonchev–Trinajstić information content (AvgIpc) is 3.10. The van der Waals surface area contributed by atoms with Gasteiger partial charge >= 0.3 is 0 Å². The smallest absolute Gasteiger partial charge is 0.222 e. The lowest BCUT2D eigenvalue weighted by Crippen LogP contribution is -2.38. The summed E-state index contributed by atoms with van der Waals surface area (Å²) in [6.45, 7) is 3.78. The first-order valence-electron chi connectivity index (χ1n) is 9.46. The Morgan fingerprint density at radius 2 is 2.08 bits per heavy atom. The van der Waals surface area contributed by atoms with E-state index in [-0.39, 0.29) is 5.91 Å². The van der Waals surface area contributed by atoms with Gasteiger partial charge in [0, 0.05) is 31.9 Å². The molecule has 2 aromatic heterocycles. The van der Waals surface area contributed by atoms with E-state index in [1.807, 2.05) is 17.2 Å². The van der Waals surface area contributed by atoms with Crippen LogP contribution in [0.5, 0.6) is 0 Å². The van der Waals surface area contributed by atoms with E-state index in [0.717, 1.165) is 43.4 Å². The third-order valence-corrected chi connectivity index (χ3v) is 5.46. The Labute approximate surface area is 154 Å². The molecule has 1 fully saturated rings. The maximum atomic E-state index is 12.6. The van der Waals surface area contributed by atoms with Crippen molar-refractivity contribution in [1.29, 1.82) is 0 Å². The van der Waals surface area contributed by atoms with Crippen LogP contribution in [0.4, 0.5) is 0 Å². The predicted octanol–water partition coefficient (Wildman–Crippen LogP) is 4.21. The van der Waals surface area contributed by atoms with Crippen LogP contribution in [0.2, 0.25) is 0 Å². The van der Waals surface area contributed by atoms with Gasteiger partial charge in [0.25, 0.3) is 0 Å². The highest BCUT2D eigenvalue weighted by atomic mass is 16.2. The van der Waals surface area contributed by atoms with Crippen LogP contribution in [0.15, 0.2) is 48.8 Å². The van der Waals surface area contributed by atoms with Crippen molar-refractivity contribution in [2.24, 2.45) is 0 Å². The molecule has 4 heteroatoms. The number of fused-ring (bicyclic) bond motifs is 1. The number of carbonyl (C=O) groups excluding carboxylic acids is 1. The number of benzene rings is 1. The van der Waals surface area contributed by atoms with Gasteiger partial charge in [-0.1, -0.05) is 29.8 Å². The van der Waals surface area contributed by atoms with Crippen molar-refractivity contribution >= 4 is 16.9 Å². The molecule has 0 aliphatic carbocycles. The summed E-state index contributed by atoms with van der Waals surface area (Å²) in [4.78, 5) is 22.5. The molecule has 1 aromatic carbocycles. The third-order valence-electron chi connectivity index (χ3n) is 5.46. The Morgan fingerprint density at radius 1 is 1.23 bits per heavy atom. The van der Waals surface area contributed by atoms with Gasteiger partial charge in [0.05, 0.1) is 11.0 Å². The van der Waals surface area contributed by atoms with Crippen LogP contribution in [0.3, 0.4) is 0 Å². The number of hydrogen-bond acceptors (Lipinski definition) is 2. The molecule has 3 aromatic rings. The summed E-state index contributed by atoms with van der Waals surface area (Å²) in [5, 5.41) is 0. The number of nitrogens with one attached hydrogen (secondary N) is 1. The molecule has 4 rings (SSSR count). The van der Waals surface area contributed by atoms with E-state index < -0.39 is 0 Å². The van der Waals surface area contributed by atoms with Gasteiger partial charge in [-0.2, -0.15) is 0 Å². The van der Waals surface area contributed by atoms with Crippen molar-refractivity contribution in [3.05, 3.63) is 65.5 Å². The second-order valence-electron chi connectivity index (χ2n) is 7.29. The van der Waals surface area contributed by atoms with Crippen molar-refractivity contribution in [2.45, 2.75) is 38.5 Å². The molecule has 26 heavy (non-hydrogen) atoms. The van der Waals surface area contributed by atoms with E-state index in [1.54, 1.807) is 0 Å². The number of hydrogen-bond donors (Lipinski definition) is 1. The lowest BCUT2D eigenvalue weighted by atomic mass is 9.90. The van der Waals surface area contributed by atoms with Crippen LogP contribution < -0.4 is 0 Å². The molecule has 1 saturated heterocycles. The van der Waals surface area contributed by atoms with E-state index in [2.05, 4.69) is 53.4 Å². The van der Waals surface area contributed by atoms with Crippen LogP contribution in [0.1, 0.15) is 41.9 Å². The quantitative estimate of drug-likeness (QED) is 0.768. The zero-order valence-electron chi connectivity index (χ0n) is 15.2. The Bertz CT molecular complexity index is 906. The molecular formula is C22H25N3O. The molecule has 1 N–H and O–H groups in total. The van der Waals surface area contributed by atoms with Crippen molar-refractivity contribution in [2.75, 3.05) is 13.1 Å². The first kappa shape index (κ1) is 16.8. The monoisotopic (exact) mass is 347 g/mol. The number of rotatable bonds is 4. The molecule has 1 aliphatic heterocycles. The van der Waals surface area contributed by atoms with Crippen molar-refractivity contribution in [3.63, 3.8) is 0 Å². The summed E-state index contributed by atoms with van der Waals surface area (Å²) >= 11 is 0. The predicted molar refractivity (Wildman–Crippen MR) is 104 cm³/mol. The van der Waals surface area contributed by atoms with E-state index in [9.17, 15) is 4.79 Å². The van der Waals surface area contributed by atoms with E-state index in [4.69, 9.17) is 0 Å². The fourth-order valence-corrected chi connectivity index (χ4v) is 4.00. The normalized spacial score (nSPS) is 15.5. The number of H-pyrrole nitrogens is 1. The highest BCUT2D eigenvalue weighted by Gasteiger charge is 2.25. The summed E-state index contributed by atoms with van der Waals surface area (Å²) in [5.74, 6) is 0.765. The van der Waals surface area contributed by atoms with Gasteiger partial charge in [-0.25, -0.2) is 0 Å². The number of likely N-dealkylation sites (tertiary alicyclic amines) is 1. The van der Waals surface area contributed by atoms with Crippen molar-refractivity contribution in [1.82, 2.24) is 14.9 Å². The Morgan fingerprint density at radius 3 is 2.88 bits per heavy atom.